The van der Waals surface area contributed by atoms with Crippen molar-refractivity contribution in [3.63, 3.8) is 0 Å². The Hall–Kier alpha value is -2.08. The molecular weight excluding hydrogens is 220 g/mol. The molecule has 2 rings (SSSR count). The van der Waals surface area contributed by atoms with E-state index in [0.29, 0.717) is 11.5 Å². The summed E-state index contributed by atoms with van der Waals surface area (Å²) in [7, 11) is 1.59. The minimum Gasteiger partial charge on any atom is -0.497 e. The van der Waals surface area contributed by atoms with E-state index in [1.165, 1.54) is 4.57 Å². The van der Waals surface area contributed by atoms with Crippen molar-refractivity contribution in [2.45, 2.75) is 13.0 Å². The molecule has 6 nitrogen and oxygen atoms in total. The summed E-state index contributed by atoms with van der Waals surface area (Å²) in [5.41, 5.74) is 6.16. The molecule has 0 saturated carbocycles. The highest BCUT2D eigenvalue weighted by Gasteiger charge is 2.13. The maximum absolute atomic E-state index is 11.7. The molecule has 1 aromatic carbocycles. The number of hydrogen-bond acceptors (Lipinski definition) is 4. The predicted octanol–water partition coefficient (Wildman–Crippen LogP) is 0.589. The van der Waals surface area contributed by atoms with Gasteiger partial charge in [-0.15, -0.1) is 0 Å². The lowest BCUT2D eigenvalue weighted by atomic mass is 10.2. The van der Waals surface area contributed by atoms with Gasteiger partial charge in [-0.1, -0.05) is 0 Å². The molecule has 0 amide bonds. The number of ether oxygens (including phenoxy) is 1. The van der Waals surface area contributed by atoms with Crippen LogP contribution < -0.4 is 16.2 Å². The molecule has 0 saturated heterocycles. The molecule has 0 fully saturated rings. The molecule has 17 heavy (non-hydrogen) atoms. The second-order valence-electron chi connectivity index (χ2n) is 3.71. The lowest BCUT2D eigenvalue weighted by Gasteiger charge is -2.08. The van der Waals surface area contributed by atoms with Gasteiger partial charge in [-0.25, -0.2) is 14.5 Å². The number of aromatic nitrogens is 3. The van der Waals surface area contributed by atoms with Gasteiger partial charge in [0.15, 0.2) is 5.82 Å². The molecular formula is C11H14N4O2. The Morgan fingerprint density at radius 2 is 2.06 bits per heavy atom. The topological polar surface area (TPSA) is 85.9 Å². The molecule has 0 aliphatic rings. The van der Waals surface area contributed by atoms with Gasteiger partial charge < -0.3 is 10.5 Å². The standard InChI is InChI=1S/C11H14N4O2/c1-7(12)10-13-14-11(16)15(10)8-3-5-9(17-2)6-4-8/h3-7H,12H2,1-2H3,(H,14,16). The number of nitrogens with two attached hydrogens (primary N) is 1. The Morgan fingerprint density at radius 1 is 1.41 bits per heavy atom. The highest BCUT2D eigenvalue weighted by atomic mass is 16.5. The van der Waals surface area contributed by atoms with Crippen LogP contribution in [-0.2, 0) is 0 Å². The quantitative estimate of drug-likeness (QED) is 0.813. The van der Waals surface area contributed by atoms with Crippen molar-refractivity contribution < 1.29 is 4.74 Å². The van der Waals surface area contributed by atoms with E-state index in [1.54, 1.807) is 38.3 Å². The lowest BCUT2D eigenvalue weighted by Crippen LogP contribution is -2.20. The zero-order valence-electron chi connectivity index (χ0n) is 9.68. The van der Waals surface area contributed by atoms with E-state index in [4.69, 9.17) is 10.5 Å². The molecule has 0 aliphatic carbocycles. The molecule has 0 spiro atoms. The van der Waals surface area contributed by atoms with Crippen LogP contribution in [-0.4, -0.2) is 21.9 Å². The van der Waals surface area contributed by atoms with Gasteiger partial charge in [-0.3, -0.25) is 0 Å². The van der Waals surface area contributed by atoms with Gasteiger partial charge in [0.25, 0.3) is 0 Å². The number of benzene rings is 1. The van der Waals surface area contributed by atoms with Crippen LogP contribution in [0.1, 0.15) is 18.8 Å². The van der Waals surface area contributed by atoms with E-state index >= 15 is 0 Å². The first-order valence-corrected chi connectivity index (χ1v) is 5.21. The van der Waals surface area contributed by atoms with Gasteiger partial charge in [0.05, 0.1) is 18.8 Å². The Morgan fingerprint density at radius 3 is 2.59 bits per heavy atom. The Labute approximate surface area is 98.0 Å². The number of nitrogens with zero attached hydrogens (tertiary/aromatic N) is 2. The Balaban J connectivity index is 2.51. The molecule has 2 aromatic rings. The van der Waals surface area contributed by atoms with Crippen molar-refractivity contribution >= 4 is 0 Å². The molecule has 1 aromatic heterocycles. The highest BCUT2D eigenvalue weighted by Crippen LogP contribution is 2.16. The third-order valence-electron chi connectivity index (χ3n) is 2.44. The van der Waals surface area contributed by atoms with Crippen molar-refractivity contribution in [3.05, 3.63) is 40.6 Å². The lowest BCUT2D eigenvalue weighted by molar-refractivity contribution is 0.414. The van der Waals surface area contributed by atoms with Crippen molar-refractivity contribution in [2.24, 2.45) is 5.73 Å². The fraction of sp³-hybridized carbons (Fsp3) is 0.273. The molecule has 1 atom stereocenters. The normalized spacial score (nSPS) is 12.4. The van der Waals surface area contributed by atoms with E-state index in [-0.39, 0.29) is 11.7 Å². The van der Waals surface area contributed by atoms with Crippen LogP contribution >= 0.6 is 0 Å². The number of aromatic amines is 1. The SMILES string of the molecule is COc1ccc(-n2c(C(C)N)n[nH]c2=O)cc1. The molecule has 0 aliphatic heterocycles. The van der Waals surface area contributed by atoms with Crippen LogP contribution in [0.25, 0.3) is 5.69 Å². The smallest absolute Gasteiger partial charge is 0.347 e. The average molecular weight is 234 g/mol. The van der Waals surface area contributed by atoms with Crippen molar-refractivity contribution in [2.75, 3.05) is 7.11 Å². The number of methoxy groups -OCH3 is 1. The number of H-pyrrole nitrogens is 1. The third kappa shape index (κ3) is 2.07. The van der Waals surface area contributed by atoms with Crippen LogP contribution in [0.3, 0.4) is 0 Å². The first-order valence-electron chi connectivity index (χ1n) is 5.21. The zero-order valence-corrected chi connectivity index (χ0v) is 9.68. The van der Waals surface area contributed by atoms with Gasteiger partial charge in [-0.05, 0) is 31.2 Å². The molecule has 1 heterocycles. The van der Waals surface area contributed by atoms with Crippen LogP contribution in [0.2, 0.25) is 0 Å². The number of nitrogens with one attached hydrogen (secondary N) is 1. The van der Waals surface area contributed by atoms with Crippen molar-refractivity contribution in [1.29, 1.82) is 0 Å². The summed E-state index contributed by atoms with van der Waals surface area (Å²) < 4.78 is 6.51. The average Bonchev–Trinajstić information content (AvgIpc) is 2.71. The van der Waals surface area contributed by atoms with E-state index in [9.17, 15) is 4.79 Å². The van der Waals surface area contributed by atoms with Gasteiger partial charge >= 0.3 is 5.69 Å². The molecule has 6 heteroatoms. The maximum atomic E-state index is 11.7. The summed E-state index contributed by atoms with van der Waals surface area (Å²) in [6.45, 7) is 1.77. The second-order valence-corrected chi connectivity index (χ2v) is 3.71. The van der Waals surface area contributed by atoms with E-state index in [1.807, 2.05) is 0 Å². The summed E-state index contributed by atoms with van der Waals surface area (Å²) in [4.78, 5) is 11.7. The van der Waals surface area contributed by atoms with Gasteiger partial charge in [0, 0.05) is 0 Å². The predicted molar refractivity (Wildman–Crippen MR) is 63.3 cm³/mol. The Bertz CT molecular complexity index is 554. The van der Waals surface area contributed by atoms with Crippen molar-refractivity contribution in [1.82, 2.24) is 14.8 Å². The fourth-order valence-corrected chi connectivity index (χ4v) is 1.60. The molecule has 0 radical (unpaired) electrons. The molecule has 90 valence electrons. The number of rotatable bonds is 3. The maximum Gasteiger partial charge on any atom is 0.347 e. The summed E-state index contributed by atoms with van der Waals surface area (Å²) in [5, 5.41) is 6.30. The number of hydrogen-bond donors (Lipinski definition) is 2. The summed E-state index contributed by atoms with van der Waals surface area (Å²) in [6, 6.07) is 6.79. The third-order valence-corrected chi connectivity index (χ3v) is 2.44. The molecule has 0 bridgehead atoms. The monoisotopic (exact) mass is 234 g/mol. The minimum absolute atomic E-state index is 0.303. The minimum atomic E-state index is -0.323. The van der Waals surface area contributed by atoms with Gasteiger partial charge in [-0.2, -0.15) is 5.10 Å². The van der Waals surface area contributed by atoms with Crippen molar-refractivity contribution in [3.8, 4) is 11.4 Å². The summed E-state index contributed by atoms with van der Waals surface area (Å²) in [6.07, 6.45) is 0. The zero-order chi connectivity index (χ0) is 12.4. The summed E-state index contributed by atoms with van der Waals surface area (Å²) in [5.74, 6) is 1.23. The summed E-state index contributed by atoms with van der Waals surface area (Å²) >= 11 is 0. The molecule has 1 unspecified atom stereocenters. The molecule has 3 N–H and O–H groups in total. The highest BCUT2D eigenvalue weighted by molar-refractivity contribution is 5.38. The van der Waals surface area contributed by atoms with Crippen LogP contribution in [0.15, 0.2) is 29.1 Å². The van der Waals surface area contributed by atoms with Gasteiger partial charge in [0.1, 0.15) is 5.75 Å². The van der Waals surface area contributed by atoms with Crippen LogP contribution in [0, 0.1) is 0 Å². The van der Waals surface area contributed by atoms with E-state index in [0.717, 1.165) is 5.75 Å². The fourth-order valence-electron chi connectivity index (χ4n) is 1.60. The Kier molecular flexibility index (Phi) is 2.97. The van der Waals surface area contributed by atoms with E-state index < -0.39 is 0 Å². The van der Waals surface area contributed by atoms with Crippen LogP contribution in [0.4, 0.5) is 0 Å². The van der Waals surface area contributed by atoms with Crippen LogP contribution in [0.5, 0.6) is 5.75 Å². The first-order chi connectivity index (χ1) is 8.13. The second kappa shape index (κ2) is 4.42. The largest absolute Gasteiger partial charge is 0.497 e. The van der Waals surface area contributed by atoms with E-state index in [2.05, 4.69) is 10.2 Å². The van der Waals surface area contributed by atoms with Gasteiger partial charge in [0.2, 0.25) is 0 Å². The first kappa shape index (κ1) is 11.4.